The highest BCUT2D eigenvalue weighted by Crippen LogP contribution is 2.12. The zero-order valence-electron chi connectivity index (χ0n) is 14.6. The second-order valence-electron chi connectivity index (χ2n) is 6.36. The van der Waals surface area contributed by atoms with E-state index in [4.69, 9.17) is 14.8 Å². The van der Waals surface area contributed by atoms with Crippen molar-refractivity contribution < 1.29 is 19.6 Å². The molecule has 1 heterocycles. The standard InChI is InChI=1S/C17H34N2O4/c1-2-3-4-5-9-16(10-11-17(20)21)23-18-22-15-8-14-19-12-6-7-13-19/h16,18H,2-15H2,1H3,(H,20,21). The summed E-state index contributed by atoms with van der Waals surface area (Å²) in [6.45, 7) is 6.27. The summed E-state index contributed by atoms with van der Waals surface area (Å²) >= 11 is 0. The lowest BCUT2D eigenvalue weighted by Crippen LogP contribution is -2.27. The van der Waals surface area contributed by atoms with E-state index in [1.54, 1.807) is 0 Å². The molecule has 1 aliphatic heterocycles. The molecule has 0 aromatic heterocycles. The molecule has 1 atom stereocenters. The van der Waals surface area contributed by atoms with Gasteiger partial charge in [-0.1, -0.05) is 38.3 Å². The van der Waals surface area contributed by atoms with Crippen LogP contribution in [-0.2, 0) is 14.5 Å². The van der Waals surface area contributed by atoms with Crippen molar-refractivity contribution >= 4 is 5.97 Å². The average molecular weight is 330 g/mol. The van der Waals surface area contributed by atoms with Gasteiger partial charge in [-0.2, -0.15) is 0 Å². The SMILES string of the molecule is CCCCCCC(CCC(=O)O)ONOCCCN1CCCC1. The van der Waals surface area contributed by atoms with E-state index in [0.29, 0.717) is 13.0 Å². The predicted octanol–water partition coefficient (Wildman–Crippen LogP) is 3.13. The number of rotatable bonds is 15. The van der Waals surface area contributed by atoms with E-state index in [1.807, 2.05) is 0 Å². The fourth-order valence-electron chi connectivity index (χ4n) is 2.86. The van der Waals surface area contributed by atoms with Crippen LogP contribution >= 0.6 is 0 Å². The Morgan fingerprint density at radius 3 is 2.65 bits per heavy atom. The Morgan fingerprint density at radius 2 is 1.96 bits per heavy atom. The van der Waals surface area contributed by atoms with Gasteiger partial charge in [-0.25, -0.2) is 0 Å². The van der Waals surface area contributed by atoms with Crippen LogP contribution in [0.4, 0.5) is 0 Å². The van der Waals surface area contributed by atoms with Crippen molar-refractivity contribution in [2.24, 2.45) is 0 Å². The van der Waals surface area contributed by atoms with Crippen LogP contribution in [0.15, 0.2) is 0 Å². The van der Waals surface area contributed by atoms with E-state index in [0.717, 1.165) is 25.8 Å². The Balaban J connectivity index is 2.04. The van der Waals surface area contributed by atoms with Gasteiger partial charge in [0.1, 0.15) is 0 Å². The molecule has 0 amide bonds. The van der Waals surface area contributed by atoms with Crippen molar-refractivity contribution in [3.63, 3.8) is 0 Å². The summed E-state index contributed by atoms with van der Waals surface area (Å²) in [7, 11) is 0. The zero-order chi connectivity index (χ0) is 16.8. The number of nitrogens with one attached hydrogen (secondary N) is 1. The molecular formula is C17H34N2O4. The number of unbranched alkanes of at least 4 members (excludes halogenated alkanes) is 3. The van der Waals surface area contributed by atoms with E-state index in [-0.39, 0.29) is 12.5 Å². The molecule has 1 fully saturated rings. The van der Waals surface area contributed by atoms with Gasteiger partial charge in [0.15, 0.2) is 0 Å². The van der Waals surface area contributed by atoms with Crippen LogP contribution in [0.1, 0.15) is 71.1 Å². The number of carboxylic acids is 1. The molecule has 136 valence electrons. The molecule has 0 saturated carbocycles. The maximum Gasteiger partial charge on any atom is 0.303 e. The summed E-state index contributed by atoms with van der Waals surface area (Å²) < 4.78 is 0. The number of hydrogen-bond acceptors (Lipinski definition) is 5. The molecule has 0 spiro atoms. The van der Waals surface area contributed by atoms with Crippen LogP contribution in [-0.4, -0.2) is 48.3 Å². The van der Waals surface area contributed by atoms with Gasteiger partial charge in [0.05, 0.1) is 12.7 Å². The summed E-state index contributed by atoms with van der Waals surface area (Å²) in [6, 6.07) is 0. The fraction of sp³-hybridized carbons (Fsp3) is 0.941. The minimum Gasteiger partial charge on any atom is -0.481 e. The molecule has 1 aliphatic rings. The molecular weight excluding hydrogens is 296 g/mol. The first-order valence-electron chi connectivity index (χ1n) is 9.19. The largest absolute Gasteiger partial charge is 0.481 e. The lowest BCUT2D eigenvalue weighted by molar-refractivity contribution is -0.202. The Hall–Kier alpha value is -0.690. The van der Waals surface area contributed by atoms with Crippen LogP contribution in [0, 0.1) is 0 Å². The van der Waals surface area contributed by atoms with E-state index < -0.39 is 5.97 Å². The Labute approximate surface area is 140 Å². The third-order valence-corrected chi connectivity index (χ3v) is 4.25. The highest BCUT2D eigenvalue weighted by Gasteiger charge is 2.12. The summed E-state index contributed by atoms with van der Waals surface area (Å²) in [5, 5.41) is 8.81. The van der Waals surface area contributed by atoms with Gasteiger partial charge in [-0.3, -0.25) is 14.5 Å². The van der Waals surface area contributed by atoms with Crippen LogP contribution in [0.3, 0.4) is 0 Å². The van der Waals surface area contributed by atoms with Gasteiger partial charge in [0.25, 0.3) is 0 Å². The quantitative estimate of drug-likeness (QED) is 0.355. The highest BCUT2D eigenvalue weighted by atomic mass is 16.9. The van der Waals surface area contributed by atoms with E-state index >= 15 is 0 Å². The molecule has 0 aromatic carbocycles. The second kappa shape index (κ2) is 13.7. The predicted molar refractivity (Wildman–Crippen MR) is 89.9 cm³/mol. The number of aliphatic carboxylic acids is 1. The molecule has 0 bridgehead atoms. The van der Waals surface area contributed by atoms with Crippen LogP contribution in [0.2, 0.25) is 0 Å². The van der Waals surface area contributed by atoms with Gasteiger partial charge in [0.2, 0.25) is 0 Å². The van der Waals surface area contributed by atoms with Gasteiger partial charge < -0.3 is 10.0 Å². The molecule has 1 rings (SSSR count). The zero-order valence-corrected chi connectivity index (χ0v) is 14.6. The number of carboxylic acid groups (broad SMARTS) is 1. The van der Waals surface area contributed by atoms with Crippen molar-refractivity contribution in [2.75, 3.05) is 26.2 Å². The third kappa shape index (κ3) is 11.5. The fourth-order valence-corrected chi connectivity index (χ4v) is 2.86. The van der Waals surface area contributed by atoms with Crippen molar-refractivity contribution in [1.29, 1.82) is 0 Å². The average Bonchev–Trinajstić information content (AvgIpc) is 3.04. The maximum atomic E-state index is 10.7. The molecule has 6 heteroatoms. The van der Waals surface area contributed by atoms with Crippen molar-refractivity contribution in [3.05, 3.63) is 0 Å². The summed E-state index contributed by atoms with van der Waals surface area (Å²) in [4.78, 5) is 24.0. The molecule has 0 radical (unpaired) electrons. The second-order valence-corrected chi connectivity index (χ2v) is 6.36. The lowest BCUT2D eigenvalue weighted by Gasteiger charge is -2.18. The Bertz CT molecular complexity index is 296. The molecule has 0 aromatic rings. The van der Waals surface area contributed by atoms with E-state index in [1.165, 1.54) is 45.2 Å². The molecule has 0 aliphatic carbocycles. The van der Waals surface area contributed by atoms with Gasteiger partial charge in [0, 0.05) is 13.0 Å². The molecule has 2 N–H and O–H groups in total. The topological polar surface area (TPSA) is 71.0 Å². The van der Waals surface area contributed by atoms with Crippen LogP contribution in [0.5, 0.6) is 0 Å². The number of carbonyl (C=O) groups is 1. The van der Waals surface area contributed by atoms with E-state index in [2.05, 4.69) is 17.5 Å². The molecule has 1 saturated heterocycles. The first kappa shape index (κ1) is 20.4. The van der Waals surface area contributed by atoms with Crippen molar-refractivity contribution in [3.8, 4) is 0 Å². The third-order valence-electron chi connectivity index (χ3n) is 4.25. The Morgan fingerprint density at radius 1 is 1.17 bits per heavy atom. The summed E-state index contributed by atoms with van der Waals surface area (Å²) in [6.07, 6.45) is 9.67. The monoisotopic (exact) mass is 330 g/mol. The minimum atomic E-state index is -0.779. The lowest BCUT2D eigenvalue weighted by atomic mass is 10.1. The summed E-state index contributed by atoms with van der Waals surface area (Å²) in [5.74, 6) is -0.779. The normalized spacial score (nSPS) is 16.7. The molecule has 23 heavy (non-hydrogen) atoms. The number of nitrogens with zero attached hydrogens (tertiary/aromatic N) is 1. The number of likely N-dealkylation sites (tertiary alicyclic amines) is 1. The van der Waals surface area contributed by atoms with Gasteiger partial charge in [-0.05, 0) is 45.2 Å². The summed E-state index contributed by atoms with van der Waals surface area (Å²) in [5.41, 5.74) is 2.56. The molecule has 1 unspecified atom stereocenters. The number of hydrogen-bond donors (Lipinski definition) is 2. The highest BCUT2D eigenvalue weighted by molar-refractivity contribution is 5.66. The minimum absolute atomic E-state index is 0.0958. The van der Waals surface area contributed by atoms with Crippen molar-refractivity contribution in [2.45, 2.75) is 77.2 Å². The first-order valence-corrected chi connectivity index (χ1v) is 9.19. The van der Waals surface area contributed by atoms with Crippen molar-refractivity contribution in [1.82, 2.24) is 10.5 Å². The van der Waals surface area contributed by atoms with Crippen LogP contribution < -0.4 is 5.64 Å². The van der Waals surface area contributed by atoms with Gasteiger partial charge >= 0.3 is 5.97 Å². The first-order chi connectivity index (χ1) is 11.2. The maximum absolute atomic E-state index is 10.7. The molecule has 6 nitrogen and oxygen atoms in total. The smallest absolute Gasteiger partial charge is 0.303 e. The van der Waals surface area contributed by atoms with E-state index in [9.17, 15) is 4.79 Å². The van der Waals surface area contributed by atoms with Crippen LogP contribution in [0.25, 0.3) is 0 Å². The van der Waals surface area contributed by atoms with Gasteiger partial charge in [-0.15, -0.1) is 0 Å². The Kier molecular flexibility index (Phi) is 12.1.